The molecule has 0 amide bonds. The number of benzene rings is 1. The first kappa shape index (κ1) is 12.6. The van der Waals surface area contributed by atoms with Crippen LogP contribution in [0.15, 0.2) is 24.3 Å². The van der Waals surface area contributed by atoms with E-state index in [2.05, 4.69) is 31.2 Å². The summed E-state index contributed by atoms with van der Waals surface area (Å²) in [5.74, 6) is 0.890. The fraction of sp³-hybridized carbons (Fsp3) is 0.625. The van der Waals surface area contributed by atoms with Crippen LogP contribution in [-0.4, -0.2) is 11.2 Å². The van der Waals surface area contributed by atoms with Gasteiger partial charge in [0.05, 0.1) is 6.10 Å². The molecule has 1 aliphatic rings. The van der Waals surface area contributed by atoms with Crippen molar-refractivity contribution in [2.45, 2.75) is 58.0 Å². The van der Waals surface area contributed by atoms with Crippen LogP contribution in [0.25, 0.3) is 0 Å². The third-order valence-electron chi connectivity index (χ3n) is 4.10. The van der Waals surface area contributed by atoms with E-state index in [1.54, 1.807) is 0 Å². The van der Waals surface area contributed by atoms with E-state index >= 15 is 0 Å². The molecule has 1 aliphatic carbocycles. The number of aliphatic hydroxyl groups excluding tert-OH is 1. The van der Waals surface area contributed by atoms with Crippen molar-refractivity contribution < 1.29 is 5.11 Å². The van der Waals surface area contributed by atoms with Crippen LogP contribution in [0.2, 0.25) is 0 Å². The predicted octanol–water partition coefficient (Wildman–Crippen LogP) is 3.87. The third-order valence-corrected chi connectivity index (χ3v) is 4.10. The highest BCUT2D eigenvalue weighted by molar-refractivity contribution is 5.26. The number of rotatable bonds is 5. The van der Waals surface area contributed by atoms with Gasteiger partial charge in [0.2, 0.25) is 0 Å². The summed E-state index contributed by atoms with van der Waals surface area (Å²) in [6.45, 7) is 2.12. The van der Waals surface area contributed by atoms with Crippen LogP contribution in [0, 0.1) is 12.8 Å². The minimum atomic E-state index is -0.156. The Morgan fingerprint density at radius 3 is 2.65 bits per heavy atom. The van der Waals surface area contributed by atoms with Gasteiger partial charge in [0.15, 0.2) is 0 Å². The molecule has 0 spiro atoms. The Kier molecular flexibility index (Phi) is 4.61. The molecular formula is C16H24O. The molecule has 1 atom stereocenters. The second-order valence-electron chi connectivity index (χ2n) is 5.51. The fourth-order valence-corrected chi connectivity index (χ4v) is 2.92. The van der Waals surface area contributed by atoms with Crippen molar-refractivity contribution >= 4 is 0 Å². The van der Waals surface area contributed by atoms with Crippen molar-refractivity contribution in [2.75, 3.05) is 0 Å². The molecule has 1 saturated carbocycles. The molecule has 2 rings (SSSR count). The van der Waals surface area contributed by atoms with E-state index in [0.29, 0.717) is 0 Å². The lowest BCUT2D eigenvalue weighted by Gasteiger charge is -2.15. The molecule has 17 heavy (non-hydrogen) atoms. The van der Waals surface area contributed by atoms with Crippen LogP contribution >= 0.6 is 0 Å². The van der Waals surface area contributed by atoms with E-state index in [1.807, 2.05) is 0 Å². The van der Waals surface area contributed by atoms with Crippen LogP contribution < -0.4 is 0 Å². The second-order valence-corrected chi connectivity index (χ2v) is 5.51. The van der Waals surface area contributed by atoms with Crippen LogP contribution in [0.3, 0.4) is 0 Å². The highest BCUT2D eigenvalue weighted by Crippen LogP contribution is 2.29. The van der Waals surface area contributed by atoms with Crippen molar-refractivity contribution in [1.82, 2.24) is 0 Å². The zero-order chi connectivity index (χ0) is 12.1. The maximum absolute atomic E-state index is 10.1. The van der Waals surface area contributed by atoms with E-state index in [-0.39, 0.29) is 6.10 Å². The third kappa shape index (κ3) is 3.85. The molecule has 94 valence electrons. The van der Waals surface area contributed by atoms with E-state index in [1.165, 1.54) is 43.2 Å². The Bertz CT molecular complexity index is 339. The minimum absolute atomic E-state index is 0.156. The molecule has 0 aromatic heterocycles. The van der Waals surface area contributed by atoms with Gasteiger partial charge in [0, 0.05) is 0 Å². The van der Waals surface area contributed by atoms with Crippen molar-refractivity contribution in [3.8, 4) is 0 Å². The summed E-state index contributed by atoms with van der Waals surface area (Å²) in [4.78, 5) is 0. The Hall–Kier alpha value is -0.820. The van der Waals surface area contributed by atoms with Gasteiger partial charge in [-0.25, -0.2) is 0 Å². The van der Waals surface area contributed by atoms with Gasteiger partial charge >= 0.3 is 0 Å². The number of hydrogen-bond acceptors (Lipinski definition) is 1. The van der Waals surface area contributed by atoms with E-state index in [4.69, 9.17) is 0 Å². The summed E-state index contributed by atoms with van der Waals surface area (Å²) in [6, 6.07) is 8.38. The highest BCUT2D eigenvalue weighted by atomic mass is 16.3. The largest absolute Gasteiger partial charge is 0.393 e. The first-order valence-corrected chi connectivity index (χ1v) is 6.98. The van der Waals surface area contributed by atoms with Crippen molar-refractivity contribution in [2.24, 2.45) is 5.92 Å². The molecular weight excluding hydrogens is 208 g/mol. The lowest BCUT2D eigenvalue weighted by molar-refractivity contribution is 0.154. The van der Waals surface area contributed by atoms with E-state index in [0.717, 1.165) is 18.8 Å². The van der Waals surface area contributed by atoms with Crippen LogP contribution in [0.4, 0.5) is 0 Å². The molecule has 1 aromatic rings. The summed E-state index contributed by atoms with van der Waals surface area (Å²) < 4.78 is 0. The van der Waals surface area contributed by atoms with Gasteiger partial charge < -0.3 is 5.11 Å². The average molecular weight is 232 g/mol. The molecule has 1 unspecified atom stereocenters. The predicted molar refractivity (Wildman–Crippen MR) is 72.1 cm³/mol. The van der Waals surface area contributed by atoms with Gasteiger partial charge in [-0.1, -0.05) is 49.9 Å². The van der Waals surface area contributed by atoms with Gasteiger partial charge in [-0.3, -0.25) is 0 Å². The summed E-state index contributed by atoms with van der Waals surface area (Å²) >= 11 is 0. The van der Waals surface area contributed by atoms with Crippen LogP contribution in [-0.2, 0) is 6.42 Å². The molecule has 0 bridgehead atoms. The van der Waals surface area contributed by atoms with Gasteiger partial charge in [-0.2, -0.15) is 0 Å². The monoisotopic (exact) mass is 232 g/mol. The molecule has 1 fully saturated rings. The van der Waals surface area contributed by atoms with Crippen LogP contribution in [0.1, 0.15) is 49.7 Å². The quantitative estimate of drug-likeness (QED) is 0.817. The SMILES string of the molecule is Cc1ccccc1CC(O)CCC1CCCC1. The molecule has 1 aromatic carbocycles. The normalized spacial score (nSPS) is 18.5. The maximum atomic E-state index is 10.1. The molecule has 1 nitrogen and oxygen atoms in total. The smallest absolute Gasteiger partial charge is 0.0580 e. The minimum Gasteiger partial charge on any atom is -0.393 e. The molecule has 0 radical (unpaired) electrons. The lowest BCUT2D eigenvalue weighted by Crippen LogP contribution is -2.12. The van der Waals surface area contributed by atoms with Gasteiger partial charge in [-0.05, 0) is 43.2 Å². The summed E-state index contributed by atoms with van der Waals surface area (Å²) in [5, 5.41) is 10.1. The number of aliphatic hydroxyl groups is 1. The zero-order valence-corrected chi connectivity index (χ0v) is 10.9. The summed E-state index contributed by atoms with van der Waals surface area (Å²) in [6.07, 6.45) is 8.42. The zero-order valence-electron chi connectivity index (χ0n) is 10.9. The lowest BCUT2D eigenvalue weighted by atomic mass is 9.95. The van der Waals surface area contributed by atoms with Crippen LogP contribution in [0.5, 0.6) is 0 Å². The molecule has 0 aliphatic heterocycles. The van der Waals surface area contributed by atoms with Crippen molar-refractivity contribution in [1.29, 1.82) is 0 Å². The number of aryl methyl sites for hydroxylation is 1. The van der Waals surface area contributed by atoms with E-state index < -0.39 is 0 Å². The fourth-order valence-electron chi connectivity index (χ4n) is 2.92. The van der Waals surface area contributed by atoms with Gasteiger partial charge in [0.1, 0.15) is 0 Å². The standard InChI is InChI=1S/C16H24O/c1-13-6-2-5-9-15(13)12-16(17)11-10-14-7-3-4-8-14/h2,5-6,9,14,16-17H,3-4,7-8,10-12H2,1H3. The Morgan fingerprint density at radius 2 is 1.94 bits per heavy atom. The van der Waals surface area contributed by atoms with Gasteiger partial charge in [-0.15, -0.1) is 0 Å². The number of hydrogen-bond donors (Lipinski definition) is 1. The van der Waals surface area contributed by atoms with Gasteiger partial charge in [0.25, 0.3) is 0 Å². The molecule has 1 heteroatoms. The summed E-state index contributed by atoms with van der Waals surface area (Å²) in [5.41, 5.74) is 2.60. The molecule has 0 heterocycles. The Labute approximate surface area is 105 Å². The molecule has 0 saturated heterocycles. The summed E-state index contributed by atoms with van der Waals surface area (Å²) in [7, 11) is 0. The first-order chi connectivity index (χ1) is 8.25. The Morgan fingerprint density at radius 1 is 1.24 bits per heavy atom. The van der Waals surface area contributed by atoms with Crippen molar-refractivity contribution in [3.05, 3.63) is 35.4 Å². The maximum Gasteiger partial charge on any atom is 0.0580 e. The average Bonchev–Trinajstić information content (AvgIpc) is 2.82. The van der Waals surface area contributed by atoms with Crippen molar-refractivity contribution in [3.63, 3.8) is 0 Å². The topological polar surface area (TPSA) is 20.2 Å². The second kappa shape index (κ2) is 6.20. The molecule has 1 N–H and O–H groups in total. The Balaban J connectivity index is 1.76. The first-order valence-electron chi connectivity index (χ1n) is 6.98. The highest BCUT2D eigenvalue weighted by Gasteiger charge is 2.16. The van der Waals surface area contributed by atoms with E-state index in [9.17, 15) is 5.11 Å².